The summed E-state index contributed by atoms with van der Waals surface area (Å²) in [5, 5.41) is 2.76. The summed E-state index contributed by atoms with van der Waals surface area (Å²) in [7, 11) is 1.52. The van der Waals surface area contributed by atoms with Gasteiger partial charge in [0.1, 0.15) is 0 Å². The number of hydrogen-bond acceptors (Lipinski definition) is 3. The lowest BCUT2D eigenvalue weighted by atomic mass is 10.1. The number of rotatable bonds is 6. The summed E-state index contributed by atoms with van der Waals surface area (Å²) in [5.74, 6) is -2.42. The average Bonchev–Trinajstić information content (AvgIpc) is 2.48. The summed E-state index contributed by atoms with van der Waals surface area (Å²) in [6.45, 7) is -0.0804. The third-order valence-corrected chi connectivity index (χ3v) is 2.88. The molecule has 5 heteroatoms. The largest absolute Gasteiger partial charge is 0.481 e. The van der Waals surface area contributed by atoms with E-state index < -0.39 is 12.5 Å². The molecule has 0 aliphatic rings. The predicted molar refractivity (Wildman–Crippen MR) is 72.8 cm³/mol. The summed E-state index contributed by atoms with van der Waals surface area (Å²) in [4.78, 5) is 3.96. The highest BCUT2D eigenvalue weighted by Gasteiger charge is 2.30. The van der Waals surface area contributed by atoms with Gasteiger partial charge in [0.2, 0.25) is 5.88 Å². The molecule has 1 aromatic carbocycles. The Kier molecular flexibility index (Phi) is 4.63. The number of hydrogen-bond donors (Lipinski definition) is 1. The van der Waals surface area contributed by atoms with Crippen LogP contribution in [0.15, 0.2) is 48.7 Å². The molecule has 3 nitrogen and oxygen atoms in total. The zero-order valence-electron chi connectivity index (χ0n) is 11.1. The fourth-order valence-electron chi connectivity index (χ4n) is 1.82. The molecule has 0 amide bonds. The Hall–Kier alpha value is -2.01. The fraction of sp³-hybridized carbons (Fsp3) is 0.267. The highest BCUT2D eigenvalue weighted by Crippen LogP contribution is 2.26. The lowest BCUT2D eigenvalue weighted by Gasteiger charge is -2.17. The van der Waals surface area contributed by atoms with Gasteiger partial charge in [-0.25, -0.2) is 4.98 Å². The number of alkyl halides is 2. The molecule has 1 heterocycles. The van der Waals surface area contributed by atoms with Crippen LogP contribution in [-0.4, -0.2) is 18.6 Å². The smallest absolute Gasteiger partial charge is 0.285 e. The molecule has 0 spiro atoms. The van der Waals surface area contributed by atoms with Gasteiger partial charge in [-0.3, -0.25) is 0 Å². The van der Waals surface area contributed by atoms with Crippen LogP contribution < -0.4 is 10.1 Å². The first-order valence-electron chi connectivity index (χ1n) is 6.25. The number of ether oxygens (including phenoxy) is 1. The number of pyridine rings is 1. The molecule has 106 valence electrons. The van der Waals surface area contributed by atoms with E-state index in [9.17, 15) is 8.78 Å². The van der Waals surface area contributed by atoms with Crippen molar-refractivity contribution in [3.8, 4) is 5.88 Å². The average molecular weight is 278 g/mol. The van der Waals surface area contributed by atoms with Gasteiger partial charge >= 0.3 is 0 Å². The van der Waals surface area contributed by atoms with Crippen LogP contribution in [0.3, 0.4) is 0 Å². The fourth-order valence-corrected chi connectivity index (χ4v) is 1.82. The molecule has 0 atom stereocenters. The number of aromatic nitrogens is 1. The van der Waals surface area contributed by atoms with Crippen LogP contribution in [0.1, 0.15) is 11.1 Å². The maximum absolute atomic E-state index is 13.9. The lowest BCUT2D eigenvalue weighted by molar-refractivity contribution is -0.00343. The Morgan fingerprint density at radius 2 is 1.95 bits per heavy atom. The molecule has 0 saturated heterocycles. The summed E-state index contributed by atoms with van der Waals surface area (Å²) < 4.78 is 32.8. The zero-order valence-corrected chi connectivity index (χ0v) is 11.1. The molecule has 0 saturated carbocycles. The third kappa shape index (κ3) is 3.74. The summed E-state index contributed by atoms with van der Waals surface area (Å²) in [6, 6.07) is 11.3. The van der Waals surface area contributed by atoms with Crippen LogP contribution >= 0.6 is 0 Å². The van der Waals surface area contributed by atoms with Crippen molar-refractivity contribution in [3.05, 3.63) is 59.8 Å². The standard InChI is InChI=1S/C15H16F2N2O/c1-20-14-9-12(7-8-19-14)10-18-11-15(16,17)13-5-3-2-4-6-13/h2-9,18H,10-11H2,1H3. The third-order valence-electron chi connectivity index (χ3n) is 2.88. The Morgan fingerprint density at radius 3 is 2.65 bits per heavy atom. The predicted octanol–water partition coefficient (Wildman–Crippen LogP) is 2.97. The molecule has 1 N–H and O–H groups in total. The number of nitrogens with zero attached hydrogens (tertiary/aromatic N) is 1. The molecule has 2 aromatic rings. The minimum absolute atomic E-state index is 0.0137. The number of nitrogens with one attached hydrogen (secondary N) is 1. The second-order valence-electron chi connectivity index (χ2n) is 4.38. The van der Waals surface area contributed by atoms with Gasteiger partial charge in [-0.2, -0.15) is 8.78 Å². The maximum Gasteiger partial charge on any atom is 0.285 e. The normalized spacial score (nSPS) is 11.3. The summed E-state index contributed by atoms with van der Waals surface area (Å²) in [5.41, 5.74) is 0.862. The SMILES string of the molecule is COc1cc(CNCC(F)(F)c2ccccc2)ccn1. The van der Waals surface area contributed by atoms with Crippen LogP contribution in [0.2, 0.25) is 0 Å². The van der Waals surface area contributed by atoms with Gasteiger partial charge in [-0.1, -0.05) is 30.3 Å². The topological polar surface area (TPSA) is 34.1 Å². The van der Waals surface area contributed by atoms with E-state index in [-0.39, 0.29) is 5.56 Å². The van der Waals surface area contributed by atoms with E-state index in [0.29, 0.717) is 12.4 Å². The molecule has 0 fully saturated rings. The van der Waals surface area contributed by atoms with E-state index in [4.69, 9.17) is 4.74 Å². The lowest BCUT2D eigenvalue weighted by Crippen LogP contribution is -2.30. The van der Waals surface area contributed by atoms with Crippen LogP contribution in [0.4, 0.5) is 8.78 Å². The van der Waals surface area contributed by atoms with E-state index in [2.05, 4.69) is 10.3 Å². The van der Waals surface area contributed by atoms with Crippen molar-refractivity contribution in [1.82, 2.24) is 10.3 Å². The van der Waals surface area contributed by atoms with E-state index in [1.165, 1.54) is 19.2 Å². The van der Waals surface area contributed by atoms with Gasteiger partial charge in [0.15, 0.2) is 0 Å². The van der Waals surface area contributed by atoms with E-state index in [0.717, 1.165) is 5.56 Å². The molecule has 1 aromatic heterocycles. The molecule has 0 radical (unpaired) electrons. The first kappa shape index (κ1) is 14.4. The highest BCUT2D eigenvalue weighted by molar-refractivity contribution is 5.22. The van der Waals surface area contributed by atoms with Gasteiger partial charge in [0.05, 0.1) is 13.7 Å². The summed E-state index contributed by atoms with van der Waals surface area (Å²) in [6.07, 6.45) is 1.59. The van der Waals surface area contributed by atoms with Gasteiger partial charge in [0, 0.05) is 24.4 Å². The van der Waals surface area contributed by atoms with Crippen LogP contribution in [0.5, 0.6) is 5.88 Å². The minimum Gasteiger partial charge on any atom is -0.481 e. The van der Waals surface area contributed by atoms with Crippen molar-refractivity contribution in [2.24, 2.45) is 0 Å². The van der Waals surface area contributed by atoms with Crippen molar-refractivity contribution < 1.29 is 13.5 Å². The van der Waals surface area contributed by atoms with Crippen molar-refractivity contribution in [2.75, 3.05) is 13.7 Å². The van der Waals surface area contributed by atoms with Gasteiger partial charge in [-0.15, -0.1) is 0 Å². The van der Waals surface area contributed by atoms with E-state index >= 15 is 0 Å². The van der Waals surface area contributed by atoms with Crippen LogP contribution in [-0.2, 0) is 12.5 Å². The van der Waals surface area contributed by atoms with Crippen LogP contribution in [0.25, 0.3) is 0 Å². The Balaban J connectivity index is 1.92. The minimum atomic E-state index is -2.89. The van der Waals surface area contributed by atoms with E-state index in [1.807, 2.05) is 0 Å². The van der Waals surface area contributed by atoms with Gasteiger partial charge in [-0.05, 0) is 11.6 Å². The summed E-state index contributed by atoms with van der Waals surface area (Å²) >= 11 is 0. The highest BCUT2D eigenvalue weighted by atomic mass is 19.3. The van der Waals surface area contributed by atoms with Crippen molar-refractivity contribution >= 4 is 0 Å². The van der Waals surface area contributed by atoms with Crippen molar-refractivity contribution in [1.29, 1.82) is 0 Å². The van der Waals surface area contributed by atoms with Crippen molar-refractivity contribution in [3.63, 3.8) is 0 Å². The molecule has 0 aliphatic carbocycles. The first-order valence-corrected chi connectivity index (χ1v) is 6.25. The zero-order chi connectivity index (χ0) is 14.4. The van der Waals surface area contributed by atoms with Gasteiger partial charge < -0.3 is 10.1 Å². The molecular formula is C15H16F2N2O. The van der Waals surface area contributed by atoms with E-state index in [1.54, 1.807) is 36.5 Å². The number of halogens is 2. The maximum atomic E-state index is 13.9. The monoisotopic (exact) mass is 278 g/mol. The van der Waals surface area contributed by atoms with Gasteiger partial charge in [0.25, 0.3) is 5.92 Å². The number of benzene rings is 1. The Morgan fingerprint density at radius 1 is 1.20 bits per heavy atom. The second kappa shape index (κ2) is 6.43. The second-order valence-corrected chi connectivity index (χ2v) is 4.38. The molecule has 0 unspecified atom stereocenters. The quantitative estimate of drug-likeness (QED) is 0.882. The molecule has 2 rings (SSSR count). The Bertz CT molecular complexity index is 547. The first-order chi connectivity index (χ1) is 9.62. The Labute approximate surface area is 116 Å². The molecule has 20 heavy (non-hydrogen) atoms. The van der Waals surface area contributed by atoms with Crippen molar-refractivity contribution in [2.45, 2.75) is 12.5 Å². The molecule has 0 aliphatic heterocycles. The number of methoxy groups -OCH3 is 1. The molecular weight excluding hydrogens is 262 g/mol. The van der Waals surface area contributed by atoms with Crippen LogP contribution in [0, 0.1) is 0 Å². The molecule has 0 bridgehead atoms.